The third-order valence-electron chi connectivity index (χ3n) is 4.96. The molecular weight excluding hydrogens is 382 g/mol. The highest BCUT2D eigenvalue weighted by atomic mass is 32.2. The zero-order valence-corrected chi connectivity index (χ0v) is 17.2. The molecule has 1 aliphatic heterocycles. The van der Waals surface area contributed by atoms with Gasteiger partial charge in [-0.3, -0.25) is 14.7 Å². The van der Waals surface area contributed by atoms with Crippen LogP contribution in [0, 0.1) is 6.92 Å². The molecule has 1 fully saturated rings. The van der Waals surface area contributed by atoms with Gasteiger partial charge in [-0.15, -0.1) is 0 Å². The summed E-state index contributed by atoms with van der Waals surface area (Å²) in [5.41, 5.74) is 3.06. The summed E-state index contributed by atoms with van der Waals surface area (Å²) in [6.07, 6.45) is 3.00. The molecule has 6 nitrogen and oxygen atoms in total. The van der Waals surface area contributed by atoms with E-state index in [-0.39, 0.29) is 36.0 Å². The lowest BCUT2D eigenvalue weighted by molar-refractivity contribution is -0.123. The molecule has 1 amide bonds. The number of sulfone groups is 1. The van der Waals surface area contributed by atoms with E-state index in [1.54, 1.807) is 17.5 Å². The first-order valence-corrected chi connectivity index (χ1v) is 11.7. The molecule has 8 heteroatoms. The molecule has 0 bridgehead atoms. The van der Waals surface area contributed by atoms with E-state index in [1.807, 2.05) is 36.4 Å². The van der Waals surface area contributed by atoms with E-state index < -0.39 is 9.84 Å². The molecule has 3 rings (SSSR count). The molecule has 1 aliphatic rings. The number of aryl methyl sites for hydroxylation is 1. The van der Waals surface area contributed by atoms with Crippen molar-refractivity contribution in [3.05, 3.63) is 52.0 Å². The van der Waals surface area contributed by atoms with Crippen LogP contribution < -0.4 is 5.32 Å². The quantitative estimate of drug-likeness (QED) is 0.759. The second-order valence-corrected chi connectivity index (χ2v) is 10.1. The molecule has 1 saturated heterocycles. The number of rotatable bonds is 7. The normalized spacial score (nSPS) is 19.9. The van der Waals surface area contributed by atoms with E-state index in [0.29, 0.717) is 12.8 Å². The number of hydrogen-bond acceptors (Lipinski definition) is 6. The maximum atomic E-state index is 12.7. The van der Waals surface area contributed by atoms with Gasteiger partial charge in [0.15, 0.2) is 9.84 Å². The average Bonchev–Trinajstić information content (AvgIpc) is 3.24. The van der Waals surface area contributed by atoms with Gasteiger partial charge >= 0.3 is 0 Å². The van der Waals surface area contributed by atoms with Crippen LogP contribution in [-0.4, -0.2) is 55.3 Å². The third kappa shape index (κ3) is 5.37. The Kier molecular flexibility index (Phi) is 6.29. The van der Waals surface area contributed by atoms with Crippen molar-refractivity contribution >= 4 is 27.1 Å². The Morgan fingerprint density at radius 2 is 2.26 bits per heavy atom. The Morgan fingerprint density at radius 3 is 2.89 bits per heavy atom. The summed E-state index contributed by atoms with van der Waals surface area (Å²) in [6.45, 7) is 2.16. The highest BCUT2D eigenvalue weighted by molar-refractivity contribution is 7.91. The van der Waals surface area contributed by atoms with Gasteiger partial charge in [-0.1, -0.05) is 6.07 Å². The van der Waals surface area contributed by atoms with Crippen LogP contribution in [0.1, 0.15) is 29.3 Å². The topological polar surface area (TPSA) is 79.4 Å². The second-order valence-electron chi connectivity index (χ2n) is 7.13. The van der Waals surface area contributed by atoms with Crippen molar-refractivity contribution in [2.75, 3.05) is 25.1 Å². The van der Waals surface area contributed by atoms with E-state index in [1.165, 1.54) is 0 Å². The minimum absolute atomic E-state index is 0.0901. The van der Waals surface area contributed by atoms with E-state index in [0.717, 1.165) is 16.8 Å². The maximum absolute atomic E-state index is 12.7. The van der Waals surface area contributed by atoms with Gasteiger partial charge in [0.25, 0.3) is 0 Å². The monoisotopic (exact) mass is 407 g/mol. The molecule has 2 aromatic rings. The van der Waals surface area contributed by atoms with Crippen molar-refractivity contribution < 1.29 is 13.2 Å². The molecule has 1 N–H and O–H groups in total. The summed E-state index contributed by atoms with van der Waals surface area (Å²) in [5.74, 6) is 0.221. The lowest BCUT2D eigenvalue weighted by atomic mass is 10.0. The molecule has 0 radical (unpaired) electrons. The fourth-order valence-electron chi connectivity index (χ4n) is 3.44. The highest BCUT2D eigenvalue weighted by Gasteiger charge is 2.31. The van der Waals surface area contributed by atoms with Crippen LogP contribution >= 0.6 is 11.3 Å². The van der Waals surface area contributed by atoms with Gasteiger partial charge in [-0.05, 0) is 60.8 Å². The molecule has 0 aliphatic carbocycles. The lowest BCUT2D eigenvalue weighted by Gasteiger charge is -2.25. The molecule has 0 spiro atoms. The van der Waals surface area contributed by atoms with E-state index >= 15 is 0 Å². The SMILES string of the molecule is Cc1cccnc1C(Cc1ccsc1)NC(=O)CN(C)C1CCS(=O)(=O)C1. The van der Waals surface area contributed by atoms with E-state index in [9.17, 15) is 13.2 Å². The van der Waals surface area contributed by atoms with Crippen molar-refractivity contribution in [1.82, 2.24) is 15.2 Å². The van der Waals surface area contributed by atoms with Crippen molar-refractivity contribution in [2.45, 2.75) is 31.8 Å². The van der Waals surface area contributed by atoms with E-state index in [2.05, 4.69) is 21.7 Å². The summed E-state index contributed by atoms with van der Waals surface area (Å²) in [6, 6.07) is 5.63. The number of thiophene rings is 1. The van der Waals surface area contributed by atoms with Crippen LogP contribution in [0.5, 0.6) is 0 Å². The van der Waals surface area contributed by atoms with Gasteiger partial charge in [-0.25, -0.2) is 8.42 Å². The number of nitrogens with one attached hydrogen (secondary N) is 1. The maximum Gasteiger partial charge on any atom is 0.234 e. The van der Waals surface area contributed by atoms with Crippen LogP contribution in [0.4, 0.5) is 0 Å². The van der Waals surface area contributed by atoms with Crippen molar-refractivity contribution in [2.24, 2.45) is 0 Å². The first kappa shape index (κ1) is 20.0. The van der Waals surface area contributed by atoms with Gasteiger partial charge in [0.05, 0.1) is 29.8 Å². The highest BCUT2D eigenvalue weighted by Crippen LogP contribution is 2.21. The predicted molar refractivity (Wildman–Crippen MR) is 108 cm³/mol. The molecule has 0 saturated carbocycles. The Labute approximate surface area is 164 Å². The molecule has 2 atom stereocenters. The number of carbonyl (C=O) groups is 1. The summed E-state index contributed by atoms with van der Waals surface area (Å²) in [7, 11) is -1.15. The number of pyridine rings is 1. The van der Waals surface area contributed by atoms with Gasteiger partial charge in [0.2, 0.25) is 5.91 Å². The zero-order valence-electron chi connectivity index (χ0n) is 15.6. The van der Waals surface area contributed by atoms with Crippen LogP contribution in [0.2, 0.25) is 0 Å². The number of amides is 1. The number of nitrogens with zero attached hydrogens (tertiary/aromatic N) is 2. The molecule has 27 heavy (non-hydrogen) atoms. The van der Waals surface area contributed by atoms with Crippen molar-refractivity contribution in [1.29, 1.82) is 0 Å². The summed E-state index contributed by atoms with van der Waals surface area (Å²) in [5, 5.41) is 7.20. The molecule has 3 heterocycles. The van der Waals surface area contributed by atoms with Crippen LogP contribution in [0.3, 0.4) is 0 Å². The average molecular weight is 408 g/mol. The second kappa shape index (κ2) is 8.50. The molecule has 146 valence electrons. The van der Waals surface area contributed by atoms with Crippen LogP contribution in [0.25, 0.3) is 0 Å². The first-order valence-electron chi connectivity index (χ1n) is 8.96. The Bertz CT molecular complexity index is 881. The minimum Gasteiger partial charge on any atom is -0.346 e. The fourth-order valence-corrected chi connectivity index (χ4v) is 5.93. The fraction of sp³-hybridized carbons (Fsp3) is 0.474. The molecule has 2 unspecified atom stereocenters. The van der Waals surface area contributed by atoms with E-state index in [4.69, 9.17) is 0 Å². The largest absolute Gasteiger partial charge is 0.346 e. The Morgan fingerprint density at radius 1 is 1.44 bits per heavy atom. The lowest BCUT2D eigenvalue weighted by Crippen LogP contribution is -2.42. The number of carbonyl (C=O) groups excluding carboxylic acids is 1. The molecular formula is C19H25N3O3S2. The Balaban J connectivity index is 1.68. The molecule has 2 aromatic heterocycles. The van der Waals surface area contributed by atoms with Crippen molar-refractivity contribution in [3.63, 3.8) is 0 Å². The smallest absolute Gasteiger partial charge is 0.234 e. The Hall–Kier alpha value is -1.77. The van der Waals surface area contributed by atoms with Crippen LogP contribution in [-0.2, 0) is 21.1 Å². The summed E-state index contributed by atoms with van der Waals surface area (Å²) < 4.78 is 23.3. The summed E-state index contributed by atoms with van der Waals surface area (Å²) in [4.78, 5) is 19.0. The number of hydrogen-bond donors (Lipinski definition) is 1. The third-order valence-corrected chi connectivity index (χ3v) is 7.44. The summed E-state index contributed by atoms with van der Waals surface area (Å²) >= 11 is 1.63. The number of likely N-dealkylation sites (N-methyl/N-ethyl adjacent to an activating group) is 1. The van der Waals surface area contributed by atoms with Gasteiger partial charge < -0.3 is 5.32 Å². The van der Waals surface area contributed by atoms with Gasteiger partial charge in [0, 0.05) is 12.2 Å². The standard InChI is InChI=1S/C19H25N3O3S2/c1-14-4-3-7-20-19(14)17(10-15-5-8-26-12-15)21-18(23)11-22(2)16-6-9-27(24,25)13-16/h3-5,7-8,12,16-17H,6,9-11,13H2,1-2H3,(H,21,23). The zero-order chi connectivity index (χ0) is 19.4. The molecule has 0 aromatic carbocycles. The predicted octanol–water partition coefficient (Wildman–Crippen LogP) is 1.97. The van der Waals surface area contributed by atoms with Gasteiger partial charge in [0.1, 0.15) is 0 Å². The van der Waals surface area contributed by atoms with Crippen LogP contribution in [0.15, 0.2) is 35.2 Å². The number of aromatic nitrogens is 1. The first-order chi connectivity index (χ1) is 12.8. The van der Waals surface area contributed by atoms with Crippen molar-refractivity contribution in [3.8, 4) is 0 Å². The van der Waals surface area contributed by atoms with Gasteiger partial charge in [-0.2, -0.15) is 11.3 Å². The minimum atomic E-state index is -2.96.